The third kappa shape index (κ3) is 4.96. The Hall–Kier alpha value is -2.05. The lowest BCUT2D eigenvalue weighted by atomic mass is 9.90. The second-order valence-electron chi connectivity index (χ2n) is 6.45. The third-order valence-electron chi connectivity index (χ3n) is 4.71. The number of halogens is 3. The molecule has 1 aliphatic heterocycles. The van der Waals surface area contributed by atoms with Crippen LogP contribution in [0.3, 0.4) is 0 Å². The van der Waals surface area contributed by atoms with E-state index < -0.39 is 23.6 Å². The maximum Gasteiger partial charge on any atom is 0.416 e. The summed E-state index contributed by atoms with van der Waals surface area (Å²) in [5, 5.41) is 8.84. The first-order valence-corrected chi connectivity index (χ1v) is 8.40. The van der Waals surface area contributed by atoms with Crippen molar-refractivity contribution >= 4 is 11.9 Å². The SMILES string of the molecule is CCC(C(=O)N1CCC(CC(=O)O)CC1)c1cccc(C(F)(F)F)c1. The van der Waals surface area contributed by atoms with E-state index in [1.54, 1.807) is 17.9 Å². The van der Waals surface area contributed by atoms with E-state index in [1.165, 1.54) is 6.07 Å². The monoisotopic (exact) mass is 357 g/mol. The summed E-state index contributed by atoms with van der Waals surface area (Å²) in [6, 6.07) is 4.92. The predicted molar refractivity (Wildman–Crippen MR) is 86.0 cm³/mol. The fourth-order valence-electron chi connectivity index (χ4n) is 3.31. The van der Waals surface area contributed by atoms with Crippen LogP contribution in [0.15, 0.2) is 24.3 Å². The van der Waals surface area contributed by atoms with Gasteiger partial charge in [0.05, 0.1) is 11.5 Å². The molecule has 0 bridgehead atoms. The van der Waals surface area contributed by atoms with Crippen molar-refractivity contribution in [3.05, 3.63) is 35.4 Å². The van der Waals surface area contributed by atoms with Gasteiger partial charge in [0, 0.05) is 19.5 Å². The number of rotatable bonds is 5. The Morgan fingerprint density at radius 3 is 2.44 bits per heavy atom. The average Bonchev–Trinajstić information content (AvgIpc) is 2.55. The van der Waals surface area contributed by atoms with Gasteiger partial charge < -0.3 is 10.0 Å². The molecule has 1 aromatic carbocycles. The highest BCUT2D eigenvalue weighted by atomic mass is 19.4. The normalized spacial score (nSPS) is 17.4. The maximum absolute atomic E-state index is 12.9. The van der Waals surface area contributed by atoms with Gasteiger partial charge in [-0.05, 0) is 36.8 Å². The number of likely N-dealkylation sites (tertiary alicyclic amines) is 1. The van der Waals surface area contributed by atoms with E-state index in [0.717, 1.165) is 12.1 Å². The first-order valence-electron chi connectivity index (χ1n) is 8.40. The molecule has 2 rings (SSSR count). The van der Waals surface area contributed by atoms with Crippen LogP contribution in [0.4, 0.5) is 13.2 Å². The van der Waals surface area contributed by atoms with E-state index in [1.807, 2.05) is 0 Å². The van der Waals surface area contributed by atoms with Gasteiger partial charge in [-0.1, -0.05) is 25.1 Å². The highest BCUT2D eigenvalue weighted by Gasteiger charge is 2.33. The molecule has 0 radical (unpaired) electrons. The van der Waals surface area contributed by atoms with Crippen molar-refractivity contribution in [2.45, 2.75) is 44.7 Å². The number of carbonyl (C=O) groups is 2. The summed E-state index contributed by atoms with van der Waals surface area (Å²) in [7, 11) is 0. The van der Waals surface area contributed by atoms with Gasteiger partial charge in [0.1, 0.15) is 0 Å². The molecule has 1 N–H and O–H groups in total. The van der Waals surface area contributed by atoms with E-state index in [0.29, 0.717) is 37.9 Å². The lowest BCUT2D eigenvalue weighted by molar-refractivity contribution is -0.140. The topological polar surface area (TPSA) is 57.6 Å². The number of nitrogens with zero attached hydrogens (tertiary/aromatic N) is 1. The van der Waals surface area contributed by atoms with Gasteiger partial charge in [0.25, 0.3) is 0 Å². The lowest BCUT2D eigenvalue weighted by Gasteiger charge is -2.34. The van der Waals surface area contributed by atoms with Crippen LogP contribution in [0.5, 0.6) is 0 Å². The van der Waals surface area contributed by atoms with Gasteiger partial charge in [0.2, 0.25) is 5.91 Å². The lowest BCUT2D eigenvalue weighted by Crippen LogP contribution is -2.41. The molecule has 7 heteroatoms. The van der Waals surface area contributed by atoms with Crippen molar-refractivity contribution in [2.24, 2.45) is 5.92 Å². The minimum absolute atomic E-state index is 0.0511. The molecule has 0 aromatic heterocycles. The smallest absolute Gasteiger partial charge is 0.416 e. The number of hydrogen-bond acceptors (Lipinski definition) is 2. The first-order chi connectivity index (χ1) is 11.7. The van der Waals surface area contributed by atoms with Crippen LogP contribution in [0.2, 0.25) is 0 Å². The van der Waals surface area contributed by atoms with Crippen molar-refractivity contribution in [1.82, 2.24) is 4.90 Å². The number of carboxylic acids is 1. The van der Waals surface area contributed by atoms with E-state index in [2.05, 4.69) is 0 Å². The van der Waals surface area contributed by atoms with Crippen LogP contribution in [-0.2, 0) is 15.8 Å². The summed E-state index contributed by atoms with van der Waals surface area (Å²) in [5.41, 5.74) is -0.383. The van der Waals surface area contributed by atoms with Crippen LogP contribution in [0.1, 0.15) is 49.7 Å². The van der Waals surface area contributed by atoms with Crippen molar-refractivity contribution < 1.29 is 27.9 Å². The highest BCUT2D eigenvalue weighted by molar-refractivity contribution is 5.84. The van der Waals surface area contributed by atoms with Crippen molar-refractivity contribution in [2.75, 3.05) is 13.1 Å². The first kappa shape index (κ1) is 19.3. The number of aliphatic carboxylic acids is 1. The van der Waals surface area contributed by atoms with Crippen molar-refractivity contribution in [3.63, 3.8) is 0 Å². The molecule has 1 aromatic rings. The zero-order valence-corrected chi connectivity index (χ0v) is 14.1. The molecule has 1 saturated heterocycles. The zero-order chi connectivity index (χ0) is 18.6. The molecule has 0 spiro atoms. The molecule has 1 unspecified atom stereocenters. The molecular formula is C18H22F3NO3. The fourth-order valence-corrected chi connectivity index (χ4v) is 3.31. The van der Waals surface area contributed by atoms with E-state index >= 15 is 0 Å². The summed E-state index contributed by atoms with van der Waals surface area (Å²) >= 11 is 0. The number of benzene rings is 1. The minimum Gasteiger partial charge on any atom is -0.481 e. The zero-order valence-electron chi connectivity index (χ0n) is 14.1. The van der Waals surface area contributed by atoms with Gasteiger partial charge in [-0.3, -0.25) is 9.59 Å². The van der Waals surface area contributed by atoms with Crippen LogP contribution in [-0.4, -0.2) is 35.0 Å². The molecule has 4 nitrogen and oxygen atoms in total. The molecule has 0 saturated carbocycles. The van der Waals surface area contributed by atoms with Gasteiger partial charge in [-0.25, -0.2) is 0 Å². The Morgan fingerprint density at radius 2 is 1.92 bits per heavy atom. The Bertz CT molecular complexity index is 622. The summed E-state index contributed by atoms with van der Waals surface area (Å²) in [5.74, 6) is -1.59. The van der Waals surface area contributed by atoms with E-state index in [9.17, 15) is 22.8 Å². The standard InChI is InChI=1S/C18H22F3NO3/c1-2-15(13-4-3-5-14(11-13)18(19,20)21)17(25)22-8-6-12(7-9-22)10-16(23)24/h3-5,11-12,15H,2,6-10H2,1H3,(H,23,24). The van der Waals surface area contributed by atoms with Crippen LogP contribution < -0.4 is 0 Å². The van der Waals surface area contributed by atoms with Gasteiger partial charge in [-0.15, -0.1) is 0 Å². The molecule has 25 heavy (non-hydrogen) atoms. The van der Waals surface area contributed by atoms with Crippen LogP contribution in [0, 0.1) is 5.92 Å². The molecule has 138 valence electrons. The number of carbonyl (C=O) groups excluding carboxylic acids is 1. The second kappa shape index (κ2) is 7.89. The third-order valence-corrected chi connectivity index (χ3v) is 4.71. The summed E-state index contributed by atoms with van der Waals surface area (Å²) < 4.78 is 38.7. The van der Waals surface area contributed by atoms with Crippen LogP contribution >= 0.6 is 0 Å². The Labute approximate surface area is 144 Å². The molecule has 1 amide bonds. The predicted octanol–water partition coefficient (Wildman–Crippen LogP) is 3.91. The fraction of sp³-hybridized carbons (Fsp3) is 0.556. The summed E-state index contributed by atoms with van der Waals surface area (Å²) in [4.78, 5) is 25.2. The van der Waals surface area contributed by atoms with Gasteiger partial charge >= 0.3 is 12.1 Å². The molecule has 1 fully saturated rings. The number of alkyl halides is 3. The second-order valence-corrected chi connectivity index (χ2v) is 6.45. The number of piperidine rings is 1. The summed E-state index contributed by atoms with van der Waals surface area (Å²) in [6.45, 7) is 2.68. The summed E-state index contributed by atoms with van der Waals surface area (Å²) in [6.07, 6.45) is -2.72. The Morgan fingerprint density at radius 1 is 1.28 bits per heavy atom. The molecule has 1 atom stereocenters. The highest BCUT2D eigenvalue weighted by Crippen LogP contribution is 2.33. The number of carboxylic acid groups (broad SMARTS) is 1. The quantitative estimate of drug-likeness (QED) is 0.869. The van der Waals surface area contributed by atoms with E-state index in [4.69, 9.17) is 5.11 Å². The maximum atomic E-state index is 12.9. The van der Waals surface area contributed by atoms with Gasteiger partial charge in [0.15, 0.2) is 0 Å². The Kier molecular flexibility index (Phi) is 6.08. The molecule has 1 aliphatic rings. The number of amides is 1. The average molecular weight is 357 g/mol. The molecular weight excluding hydrogens is 335 g/mol. The molecule has 1 heterocycles. The largest absolute Gasteiger partial charge is 0.481 e. The number of hydrogen-bond donors (Lipinski definition) is 1. The van der Waals surface area contributed by atoms with Crippen molar-refractivity contribution in [3.8, 4) is 0 Å². The van der Waals surface area contributed by atoms with Crippen molar-refractivity contribution in [1.29, 1.82) is 0 Å². The van der Waals surface area contributed by atoms with Gasteiger partial charge in [-0.2, -0.15) is 13.2 Å². The minimum atomic E-state index is -4.44. The van der Waals surface area contributed by atoms with E-state index in [-0.39, 0.29) is 18.2 Å². The Balaban J connectivity index is 2.08. The van der Waals surface area contributed by atoms with Crippen LogP contribution in [0.25, 0.3) is 0 Å². The molecule has 0 aliphatic carbocycles.